The molecule has 4 rings (SSSR count). The Morgan fingerprint density at radius 3 is 2.38 bits per heavy atom. The van der Waals surface area contributed by atoms with E-state index in [1.807, 2.05) is 23.1 Å². The number of pyridine rings is 1. The van der Waals surface area contributed by atoms with Gasteiger partial charge in [-0.25, -0.2) is 4.79 Å². The second-order valence-corrected chi connectivity index (χ2v) is 8.24. The molecule has 8 nitrogen and oxygen atoms in total. The predicted molar refractivity (Wildman–Crippen MR) is 115 cm³/mol. The Bertz CT molecular complexity index is 929. The number of fused-ring (bicyclic) bond motifs is 1. The van der Waals surface area contributed by atoms with Crippen molar-refractivity contribution in [3.63, 3.8) is 0 Å². The van der Waals surface area contributed by atoms with Crippen LogP contribution in [0.4, 0.5) is 13.2 Å². The van der Waals surface area contributed by atoms with Gasteiger partial charge in [-0.3, -0.25) is 9.78 Å². The van der Waals surface area contributed by atoms with E-state index in [1.54, 1.807) is 12.4 Å². The van der Waals surface area contributed by atoms with E-state index in [4.69, 9.17) is 19.4 Å². The van der Waals surface area contributed by atoms with Crippen LogP contribution >= 0.6 is 0 Å². The molecule has 1 N–H and O–H groups in total. The van der Waals surface area contributed by atoms with Gasteiger partial charge in [-0.05, 0) is 42.7 Å². The van der Waals surface area contributed by atoms with Crippen molar-refractivity contribution in [2.75, 3.05) is 13.2 Å². The Hall–Kier alpha value is -2.92. The van der Waals surface area contributed by atoms with Crippen LogP contribution < -0.4 is 0 Å². The van der Waals surface area contributed by atoms with Gasteiger partial charge < -0.3 is 24.0 Å². The molecule has 0 spiro atoms. The molecule has 1 saturated carbocycles. The lowest BCUT2D eigenvalue weighted by atomic mass is 10.2. The number of carboxylic acids is 1. The number of ether oxygens (including phenoxy) is 2. The highest BCUT2D eigenvalue weighted by Gasteiger charge is 2.38. The molecule has 1 atom stereocenters. The number of hydrogen-bond donors (Lipinski definition) is 1. The number of aliphatic carboxylic acids is 1. The van der Waals surface area contributed by atoms with Crippen LogP contribution in [0, 0.1) is 0 Å². The van der Waals surface area contributed by atoms with Crippen LogP contribution in [-0.4, -0.2) is 63.0 Å². The van der Waals surface area contributed by atoms with Crippen molar-refractivity contribution in [3.05, 3.63) is 54.1 Å². The molecule has 0 bridgehead atoms. The number of carboxylic acid groups (broad SMARTS) is 1. The maximum absolute atomic E-state index is 12.8. The molecule has 2 aliphatic rings. The van der Waals surface area contributed by atoms with E-state index in [0.717, 1.165) is 30.6 Å². The molecule has 1 unspecified atom stereocenters. The van der Waals surface area contributed by atoms with Gasteiger partial charge in [-0.2, -0.15) is 13.2 Å². The lowest BCUT2D eigenvalue weighted by Gasteiger charge is -2.25. The monoisotopic (exact) mass is 483 g/mol. The van der Waals surface area contributed by atoms with Crippen LogP contribution in [0.15, 0.2) is 42.9 Å². The Morgan fingerprint density at radius 2 is 1.74 bits per heavy atom. The summed E-state index contributed by atoms with van der Waals surface area (Å²) in [4.78, 5) is 27.6. The third-order valence-corrected chi connectivity index (χ3v) is 5.68. The molecule has 186 valence electrons. The van der Waals surface area contributed by atoms with E-state index >= 15 is 0 Å². The summed E-state index contributed by atoms with van der Waals surface area (Å²) in [7, 11) is 0. The molecule has 1 aliphatic heterocycles. The van der Waals surface area contributed by atoms with Crippen molar-refractivity contribution in [2.45, 2.75) is 63.8 Å². The summed E-state index contributed by atoms with van der Waals surface area (Å²) in [6.07, 6.45) is 5.29. The molecule has 0 radical (unpaired) electrons. The van der Waals surface area contributed by atoms with Crippen molar-refractivity contribution in [2.24, 2.45) is 0 Å². The molecule has 11 heteroatoms. The Morgan fingerprint density at radius 1 is 1.06 bits per heavy atom. The summed E-state index contributed by atoms with van der Waals surface area (Å²) in [5, 5.41) is 7.12. The van der Waals surface area contributed by atoms with Crippen LogP contribution in [-0.2, 0) is 38.8 Å². The highest BCUT2D eigenvalue weighted by molar-refractivity contribution is 5.77. The number of halogens is 3. The normalized spacial score (nSPS) is 18.6. The standard InChI is InChI=1S/C21H27N3O3.C2HF3O2/c25-21(16-27-19-5-1-2-6-19)24-12-18-4-3-11-23(18)13-20(14-24)26-15-17-7-9-22-10-8-17;3-2(4,5)1(6)7/h3-4,7-11,19-20H,1-2,5-6,12-16H2;(H,6,7). The molecule has 0 aromatic carbocycles. The van der Waals surface area contributed by atoms with Crippen molar-refractivity contribution in [1.29, 1.82) is 0 Å². The number of aromatic nitrogens is 2. The summed E-state index contributed by atoms with van der Waals surface area (Å²) < 4.78 is 45.9. The molecule has 0 saturated heterocycles. The first-order valence-electron chi connectivity index (χ1n) is 11.1. The van der Waals surface area contributed by atoms with Crippen LogP contribution in [0.1, 0.15) is 36.9 Å². The van der Waals surface area contributed by atoms with Gasteiger partial charge in [0.15, 0.2) is 0 Å². The smallest absolute Gasteiger partial charge is 0.475 e. The van der Waals surface area contributed by atoms with Crippen LogP contribution in [0.5, 0.6) is 0 Å². The van der Waals surface area contributed by atoms with E-state index in [1.165, 1.54) is 12.8 Å². The van der Waals surface area contributed by atoms with Gasteiger partial charge in [-0.1, -0.05) is 12.8 Å². The molecule has 34 heavy (non-hydrogen) atoms. The maximum atomic E-state index is 12.8. The van der Waals surface area contributed by atoms with Crippen LogP contribution in [0.25, 0.3) is 0 Å². The second kappa shape index (κ2) is 12.0. The van der Waals surface area contributed by atoms with Gasteiger partial charge in [0.05, 0.1) is 31.9 Å². The Kier molecular flexibility index (Phi) is 9.05. The quantitative estimate of drug-likeness (QED) is 0.677. The topological polar surface area (TPSA) is 93.9 Å². The number of nitrogens with zero attached hydrogens (tertiary/aromatic N) is 3. The maximum Gasteiger partial charge on any atom is 0.490 e. The van der Waals surface area contributed by atoms with Gasteiger partial charge in [0.1, 0.15) is 6.61 Å². The Balaban J connectivity index is 0.000000406. The minimum atomic E-state index is -5.08. The lowest BCUT2D eigenvalue weighted by Crippen LogP contribution is -2.39. The van der Waals surface area contributed by atoms with E-state index < -0.39 is 12.1 Å². The Labute approximate surface area is 195 Å². The van der Waals surface area contributed by atoms with E-state index in [0.29, 0.717) is 19.7 Å². The van der Waals surface area contributed by atoms with Gasteiger partial charge in [0, 0.05) is 30.8 Å². The van der Waals surface area contributed by atoms with Crippen molar-refractivity contribution < 1.29 is 37.3 Å². The number of hydrogen-bond acceptors (Lipinski definition) is 5. The molecule has 1 fully saturated rings. The largest absolute Gasteiger partial charge is 0.490 e. The fraction of sp³-hybridized carbons (Fsp3) is 0.522. The minimum Gasteiger partial charge on any atom is -0.475 e. The summed E-state index contributed by atoms with van der Waals surface area (Å²) in [6.45, 7) is 2.63. The molecule has 3 heterocycles. The fourth-order valence-electron chi connectivity index (χ4n) is 3.88. The molecule has 1 amide bonds. The van der Waals surface area contributed by atoms with Crippen molar-refractivity contribution in [3.8, 4) is 0 Å². The average Bonchev–Trinajstić information content (AvgIpc) is 3.45. The molecule has 2 aromatic heterocycles. The van der Waals surface area contributed by atoms with Gasteiger partial charge >= 0.3 is 12.1 Å². The zero-order chi connectivity index (χ0) is 24.6. The predicted octanol–water partition coefficient (Wildman–Crippen LogP) is 3.40. The first kappa shape index (κ1) is 25.7. The SMILES string of the molecule is O=C(COC1CCCC1)N1Cc2cccn2CC(OCc2ccncc2)C1.O=C(O)C(F)(F)F. The zero-order valence-electron chi connectivity index (χ0n) is 18.6. The van der Waals surface area contributed by atoms with Crippen LogP contribution in [0.2, 0.25) is 0 Å². The lowest BCUT2D eigenvalue weighted by molar-refractivity contribution is -0.192. The van der Waals surface area contributed by atoms with Gasteiger partial charge in [0.25, 0.3) is 0 Å². The van der Waals surface area contributed by atoms with E-state index in [2.05, 4.69) is 21.8 Å². The number of alkyl halides is 3. The van der Waals surface area contributed by atoms with Crippen molar-refractivity contribution >= 4 is 11.9 Å². The van der Waals surface area contributed by atoms with Gasteiger partial charge in [-0.15, -0.1) is 0 Å². The van der Waals surface area contributed by atoms with E-state index in [-0.39, 0.29) is 24.7 Å². The molecular weight excluding hydrogens is 455 g/mol. The number of rotatable bonds is 6. The van der Waals surface area contributed by atoms with Crippen LogP contribution in [0.3, 0.4) is 0 Å². The van der Waals surface area contributed by atoms with Crippen molar-refractivity contribution in [1.82, 2.24) is 14.5 Å². The third-order valence-electron chi connectivity index (χ3n) is 5.68. The second-order valence-electron chi connectivity index (χ2n) is 8.24. The highest BCUT2D eigenvalue weighted by Crippen LogP contribution is 2.22. The molecule has 2 aromatic rings. The average molecular weight is 483 g/mol. The molecule has 1 aliphatic carbocycles. The van der Waals surface area contributed by atoms with Gasteiger partial charge in [0.2, 0.25) is 5.91 Å². The first-order valence-corrected chi connectivity index (χ1v) is 11.1. The summed E-state index contributed by atoms with van der Waals surface area (Å²) in [6, 6.07) is 8.01. The third kappa shape index (κ3) is 7.84. The minimum absolute atomic E-state index is 0.0501. The number of carbonyl (C=O) groups excluding carboxylic acids is 1. The number of amides is 1. The molecular formula is C23H28F3N3O5. The van der Waals surface area contributed by atoms with E-state index in [9.17, 15) is 18.0 Å². The highest BCUT2D eigenvalue weighted by atomic mass is 19.4. The summed E-state index contributed by atoms with van der Waals surface area (Å²) in [5.41, 5.74) is 2.23. The fourth-order valence-corrected chi connectivity index (χ4v) is 3.88. The first-order chi connectivity index (χ1) is 16.2. The summed E-state index contributed by atoms with van der Waals surface area (Å²) >= 11 is 0. The zero-order valence-corrected chi connectivity index (χ0v) is 18.6. The summed E-state index contributed by atoms with van der Waals surface area (Å²) in [5.74, 6) is -2.71. The number of carbonyl (C=O) groups is 2.